The zero-order chi connectivity index (χ0) is 16.4. The Balaban J connectivity index is 0.000000432. The van der Waals surface area contributed by atoms with Gasteiger partial charge in [0.25, 0.3) is 0 Å². The van der Waals surface area contributed by atoms with Gasteiger partial charge in [0, 0.05) is 0 Å². The molecule has 0 fully saturated rings. The fourth-order valence-electron chi connectivity index (χ4n) is 2.93. The minimum absolute atomic E-state index is 0. The molecular weight excluding hydrogens is 456 g/mol. The number of nitrogens with one attached hydrogen (secondary N) is 1. The summed E-state index contributed by atoms with van der Waals surface area (Å²) in [5.41, 5.74) is 3.71. The second-order valence-electron chi connectivity index (χ2n) is 6.25. The average molecular weight is 479 g/mol. The van der Waals surface area contributed by atoms with Crippen molar-refractivity contribution in [1.29, 1.82) is 0 Å². The van der Waals surface area contributed by atoms with Crippen LogP contribution in [0.5, 0.6) is 0 Å². The van der Waals surface area contributed by atoms with Crippen LogP contribution in [0, 0.1) is 20.0 Å². The number of halogens is 2. The summed E-state index contributed by atoms with van der Waals surface area (Å²) in [6.45, 7) is 8.86. The van der Waals surface area contributed by atoms with Crippen molar-refractivity contribution >= 4 is 35.7 Å². The van der Waals surface area contributed by atoms with Crippen LogP contribution in [-0.2, 0) is 26.2 Å². The van der Waals surface area contributed by atoms with Crippen LogP contribution >= 0.6 is 0 Å². The van der Waals surface area contributed by atoms with Crippen molar-refractivity contribution in [2.75, 3.05) is 0 Å². The van der Waals surface area contributed by atoms with Crippen molar-refractivity contribution in [3.05, 3.63) is 71.9 Å². The SMILES string of the molecule is C[Si](C)c1cc2ccccc2[cH-]1.Cc1[c-][nH]c2cccc(C)c12.[Cl-].[Cl-].[Zr+4]. The minimum Gasteiger partial charge on any atom is -1.00 e. The first-order valence-electron chi connectivity index (χ1n) is 7.98. The maximum absolute atomic E-state index is 3.10. The summed E-state index contributed by atoms with van der Waals surface area (Å²) in [6.07, 6.45) is 3.09. The molecule has 4 rings (SSSR count). The Hall–Kier alpha value is -0.730. The smallest absolute Gasteiger partial charge is 1.00 e. The quantitative estimate of drug-likeness (QED) is 0.270. The molecule has 0 spiro atoms. The molecule has 0 unspecified atom stereocenters. The Morgan fingerprint density at radius 3 is 2.27 bits per heavy atom. The van der Waals surface area contributed by atoms with Gasteiger partial charge >= 0.3 is 26.2 Å². The van der Waals surface area contributed by atoms with E-state index in [0.29, 0.717) is 0 Å². The molecule has 1 nitrogen and oxygen atoms in total. The molecule has 0 atom stereocenters. The van der Waals surface area contributed by atoms with Crippen LogP contribution in [0.3, 0.4) is 0 Å². The second-order valence-corrected chi connectivity index (χ2v) is 8.82. The van der Waals surface area contributed by atoms with Crippen LogP contribution in [0.25, 0.3) is 21.7 Å². The van der Waals surface area contributed by atoms with E-state index in [-0.39, 0.29) is 59.8 Å². The summed E-state index contributed by atoms with van der Waals surface area (Å²) in [7, 11) is -0.273. The maximum Gasteiger partial charge on any atom is 4.00 e. The first-order valence-corrected chi connectivity index (χ1v) is 10.5. The van der Waals surface area contributed by atoms with Gasteiger partial charge in [-0.25, -0.2) is 0 Å². The number of hydrogen-bond donors (Lipinski definition) is 1. The van der Waals surface area contributed by atoms with Gasteiger partial charge in [-0.15, -0.1) is 58.4 Å². The zero-order valence-electron chi connectivity index (χ0n) is 15.5. The third-order valence-electron chi connectivity index (χ3n) is 4.23. The Morgan fingerprint density at radius 1 is 0.962 bits per heavy atom. The van der Waals surface area contributed by atoms with Crippen molar-refractivity contribution in [2.24, 2.45) is 0 Å². The molecule has 133 valence electrons. The van der Waals surface area contributed by atoms with Gasteiger partial charge in [-0.05, 0) is 0 Å². The third-order valence-corrected chi connectivity index (χ3v) is 5.67. The van der Waals surface area contributed by atoms with Gasteiger partial charge in [0.15, 0.2) is 0 Å². The predicted octanol–water partition coefficient (Wildman–Crippen LogP) is -0.889. The Kier molecular flexibility index (Phi) is 10.9. The summed E-state index contributed by atoms with van der Waals surface area (Å²) in [6, 6.07) is 19.5. The van der Waals surface area contributed by atoms with Crippen LogP contribution in [0.2, 0.25) is 13.1 Å². The number of benzene rings is 2. The normalized spacial score (nSPS) is 9.73. The summed E-state index contributed by atoms with van der Waals surface area (Å²) in [5.74, 6) is 0. The van der Waals surface area contributed by atoms with E-state index in [1.165, 1.54) is 32.8 Å². The molecule has 0 saturated carbocycles. The third kappa shape index (κ3) is 5.63. The van der Waals surface area contributed by atoms with E-state index in [2.05, 4.69) is 92.7 Å². The summed E-state index contributed by atoms with van der Waals surface area (Å²) < 4.78 is 0. The van der Waals surface area contributed by atoms with E-state index in [9.17, 15) is 0 Å². The van der Waals surface area contributed by atoms with E-state index in [4.69, 9.17) is 0 Å². The van der Waals surface area contributed by atoms with Gasteiger partial charge < -0.3 is 29.8 Å². The fraction of sp³-hybridized carbons (Fsp3) is 0.190. The van der Waals surface area contributed by atoms with Crippen molar-refractivity contribution < 1.29 is 51.0 Å². The monoisotopic (exact) mass is 476 g/mol. The number of aromatic nitrogens is 1. The van der Waals surface area contributed by atoms with Crippen LogP contribution < -0.4 is 30.0 Å². The number of aromatic amines is 1. The Labute approximate surface area is 189 Å². The van der Waals surface area contributed by atoms with Crippen LogP contribution in [0.4, 0.5) is 0 Å². The summed E-state index contributed by atoms with van der Waals surface area (Å²) in [4.78, 5) is 3.10. The molecule has 0 bridgehead atoms. The molecule has 0 aliphatic heterocycles. The van der Waals surface area contributed by atoms with E-state index in [0.717, 1.165) is 0 Å². The molecular formula is C21H22Cl2NSiZr. The van der Waals surface area contributed by atoms with Crippen molar-refractivity contribution in [1.82, 2.24) is 4.98 Å². The van der Waals surface area contributed by atoms with Gasteiger partial charge in [-0.2, -0.15) is 22.2 Å². The first-order chi connectivity index (χ1) is 11.1. The maximum atomic E-state index is 3.10. The predicted molar refractivity (Wildman–Crippen MR) is 103 cm³/mol. The van der Waals surface area contributed by atoms with Crippen LogP contribution in [-0.4, -0.2) is 13.8 Å². The molecule has 4 aromatic rings. The second kappa shape index (κ2) is 11.2. The standard InChI is InChI=1S/C11H12Si.C10H10N.2ClH.Zr/c1-12(2)11-7-9-5-3-4-6-10(9)8-11;1-7-4-3-5-9-10(7)8(2)6-11-9;;;/h3-8H,1-2H3;3-5,11H,1-2H3;2*1H;/q2*-1;;;+4/p-2. The Bertz CT molecular complexity index is 910. The van der Waals surface area contributed by atoms with Crippen molar-refractivity contribution in [3.8, 4) is 0 Å². The molecule has 1 N–H and O–H groups in total. The molecule has 1 radical (unpaired) electrons. The fourth-order valence-corrected chi connectivity index (χ4v) is 3.82. The molecule has 3 aromatic carbocycles. The van der Waals surface area contributed by atoms with Gasteiger partial charge in [0.05, 0.1) is 8.80 Å². The largest absolute Gasteiger partial charge is 4.00 e. The van der Waals surface area contributed by atoms with Crippen LogP contribution in [0.1, 0.15) is 11.1 Å². The summed E-state index contributed by atoms with van der Waals surface area (Å²) >= 11 is 0. The number of fused-ring (bicyclic) bond motifs is 2. The molecule has 26 heavy (non-hydrogen) atoms. The van der Waals surface area contributed by atoms with Gasteiger partial charge in [0.2, 0.25) is 0 Å². The minimum atomic E-state index is -0.273. The molecule has 0 aliphatic rings. The molecule has 0 aliphatic carbocycles. The van der Waals surface area contributed by atoms with Gasteiger partial charge in [-0.3, -0.25) is 0 Å². The molecule has 5 heteroatoms. The van der Waals surface area contributed by atoms with Crippen molar-refractivity contribution in [3.63, 3.8) is 0 Å². The summed E-state index contributed by atoms with van der Waals surface area (Å²) in [5, 5.41) is 5.63. The number of hydrogen-bond acceptors (Lipinski definition) is 0. The van der Waals surface area contributed by atoms with E-state index in [1.54, 1.807) is 5.19 Å². The topological polar surface area (TPSA) is 15.8 Å². The number of H-pyrrole nitrogens is 1. The van der Waals surface area contributed by atoms with E-state index in [1.807, 2.05) is 0 Å². The van der Waals surface area contributed by atoms with E-state index < -0.39 is 0 Å². The first kappa shape index (κ1) is 25.3. The average Bonchev–Trinajstić information content (AvgIpc) is 3.13. The molecule has 1 aromatic heterocycles. The van der Waals surface area contributed by atoms with Crippen LogP contribution in [0.15, 0.2) is 54.6 Å². The molecule has 0 saturated heterocycles. The Morgan fingerprint density at radius 2 is 1.65 bits per heavy atom. The van der Waals surface area contributed by atoms with E-state index >= 15 is 0 Å². The number of rotatable bonds is 1. The van der Waals surface area contributed by atoms with Gasteiger partial charge in [0.1, 0.15) is 0 Å². The molecule has 1 heterocycles. The number of aryl methyl sites for hydroxylation is 2. The van der Waals surface area contributed by atoms with Crippen molar-refractivity contribution in [2.45, 2.75) is 26.9 Å². The van der Waals surface area contributed by atoms with Gasteiger partial charge in [-0.1, -0.05) is 45.1 Å². The molecule has 0 amide bonds. The zero-order valence-corrected chi connectivity index (χ0v) is 20.4.